The zero-order valence-corrected chi connectivity index (χ0v) is 15.8. The van der Waals surface area contributed by atoms with Gasteiger partial charge in [0.1, 0.15) is 37.0 Å². The van der Waals surface area contributed by atoms with Crippen molar-refractivity contribution in [3.05, 3.63) is 0 Å². The number of carboxylic acid groups (broad SMARTS) is 2. The number of hydrogen-bond acceptors (Lipinski definition) is 4. The van der Waals surface area contributed by atoms with Crippen LogP contribution < -0.4 is 0 Å². The fraction of sp³-hybridized carbons (Fsp3) is 0.812. The van der Waals surface area contributed by atoms with Crippen LogP contribution in [0.25, 0.3) is 0 Å². The lowest BCUT2D eigenvalue weighted by molar-refractivity contribution is -0.878. The second-order valence-electron chi connectivity index (χ2n) is 8.27. The number of quaternary nitrogens is 2. The topological polar surface area (TPSA) is 101 Å². The van der Waals surface area contributed by atoms with Crippen LogP contribution in [0.1, 0.15) is 13.3 Å². The molecule has 0 aromatic carbocycles. The summed E-state index contributed by atoms with van der Waals surface area (Å²) >= 11 is 0. The van der Waals surface area contributed by atoms with Gasteiger partial charge in [-0.25, -0.2) is 0 Å². The Kier molecular flexibility index (Phi) is 8.01. The van der Waals surface area contributed by atoms with Crippen molar-refractivity contribution in [1.82, 2.24) is 0 Å². The maximum absolute atomic E-state index is 11.8. The normalized spacial score (nSPS) is 16.3. The van der Waals surface area contributed by atoms with Crippen LogP contribution in [0.2, 0.25) is 0 Å². The maximum Gasteiger partial charge on any atom is 0.316 e. The minimum atomic E-state index is -1.31. The van der Waals surface area contributed by atoms with E-state index < -0.39 is 35.8 Å². The van der Waals surface area contributed by atoms with Gasteiger partial charge in [-0.3, -0.25) is 14.4 Å². The van der Waals surface area contributed by atoms with Crippen LogP contribution in [0.3, 0.4) is 0 Å². The van der Waals surface area contributed by atoms with E-state index in [0.717, 1.165) is 0 Å². The molecule has 3 unspecified atom stereocenters. The molecule has 0 aliphatic heterocycles. The van der Waals surface area contributed by atoms with Crippen LogP contribution in [0.5, 0.6) is 0 Å². The molecular weight excluding hydrogens is 316 g/mol. The first-order valence-corrected chi connectivity index (χ1v) is 7.84. The Bertz CT molecular complexity index is 450. The summed E-state index contributed by atoms with van der Waals surface area (Å²) in [5, 5.41) is 18.5. The van der Waals surface area contributed by atoms with Crippen LogP contribution >= 0.6 is 0 Å². The van der Waals surface area contributed by atoms with Gasteiger partial charge in [0, 0.05) is 0 Å². The molecule has 0 aromatic heterocycles. The average molecular weight is 348 g/mol. The van der Waals surface area contributed by atoms with Crippen LogP contribution in [-0.4, -0.2) is 104 Å². The van der Waals surface area contributed by atoms with Gasteiger partial charge in [0.15, 0.2) is 0 Å². The lowest BCUT2D eigenvalue weighted by Crippen LogP contribution is -2.52. The van der Waals surface area contributed by atoms with Gasteiger partial charge in [0.2, 0.25) is 0 Å². The highest BCUT2D eigenvalue weighted by Crippen LogP contribution is 2.18. The number of likely N-dealkylation sites (N-methyl/N-ethyl adjacent to an activating group) is 2. The first kappa shape index (κ1) is 22.5. The molecule has 0 aliphatic carbocycles. The van der Waals surface area contributed by atoms with Crippen molar-refractivity contribution in [2.45, 2.75) is 25.6 Å². The lowest BCUT2D eigenvalue weighted by atomic mass is 9.97. The number of carbonyl (C=O) groups excluding carboxylic acids is 1. The summed E-state index contributed by atoms with van der Waals surface area (Å²) in [7, 11) is 11.3. The zero-order valence-electron chi connectivity index (χ0n) is 15.8. The highest BCUT2D eigenvalue weighted by atomic mass is 16.5. The van der Waals surface area contributed by atoms with Crippen LogP contribution in [0.4, 0.5) is 0 Å². The van der Waals surface area contributed by atoms with Gasteiger partial charge in [-0.2, -0.15) is 0 Å². The number of rotatable bonds is 11. The predicted molar refractivity (Wildman–Crippen MR) is 88.5 cm³/mol. The minimum absolute atomic E-state index is 0.243. The van der Waals surface area contributed by atoms with Crippen molar-refractivity contribution in [3.8, 4) is 0 Å². The number of Topliss-reactive ketones (excluding diaryl/α,β-unsaturated/α-hetero) is 1. The molecule has 8 heteroatoms. The van der Waals surface area contributed by atoms with Crippen molar-refractivity contribution >= 4 is 17.7 Å². The van der Waals surface area contributed by atoms with Crippen molar-refractivity contribution in [2.24, 2.45) is 5.92 Å². The molecule has 0 saturated heterocycles. The molecule has 8 nitrogen and oxygen atoms in total. The fourth-order valence-corrected chi connectivity index (χ4v) is 2.57. The van der Waals surface area contributed by atoms with Gasteiger partial charge >= 0.3 is 11.9 Å². The third kappa shape index (κ3) is 9.59. The smallest absolute Gasteiger partial charge is 0.316 e. The predicted octanol–water partition coefficient (Wildman–Crippen LogP) is -0.0829. The van der Waals surface area contributed by atoms with Crippen molar-refractivity contribution in [2.75, 3.05) is 55.4 Å². The molecule has 0 aliphatic rings. The van der Waals surface area contributed by atoms with Crippen LogP contribution in [-0.2, 0) is 19.1 Å². The Morgan fingerprint density at radius 3 is 1.67 bits per heavy atom. The van der Waals surface area contributed by atoms with Gasteiger partial charge in [-0.1, -0.05) is 0 Å². The Morgan fingerprint density at radius 2 is 1.38 bits per heavy atom. The van der Waals surface area contributed by atoms with Gasteiger partial charge in [-0.05, 0) is 6.92 Å². The number of carbonyl (C=O) groups is 3. The van der Waals surface area contributed by atoms with Crippen LogP contribution in [0, 0.1) is 5.92 Å². The van der Waals surface area contributed by atoms with E-state index in [0.29, 0.717) is 15.5 Å². The van der Waals surface area contributed by atoms with Crippen LogP contribution in [0.15, 0.2) is 0 Å². The second kappa shape index (κ2) is 8.55. The summed E-state index contributed by atoms with van der Waals surface area (Å²) in [4.78, 5) is 34.5. The van der Waals surface area contributed by atoms with E-state index in [1.165, 1.54) is 6.92 Å². The molecule has 0 radical (unpaired) electrons. The summed E-state index contributed by atoms with van der Waals surface area (Å²) in [5.41, 5.74) is 0. The third-order valence-corrected chi connectivity index (χ3v) is 3.32. The Hall–Kier alpha value is -1.51. The molecule has 2 N–H and O–H groups in total. The van der Waals surface area contributed by atoms with Crippen molar-refractivity contribution in [3.63, 3.8) is 0 Å². The second-order valence-corrected chi connectivity index (χ2v) is 8.27. The Morgan fingerprint density at radius 1 is 0.917 bits per heavy atom. The molecule has 0 bridgehead atoms. The first-order valence-electron chi connectivity index (χ1n) is 7.84. The highest BCUT2D eigenvalue weighted by Gasteiger charge is 2.39. The molecule has 0 aromatic rings. The quantitative estimate of drug-likeness (QED) is 0.400. The standard InChI is InChI=1S/C16H30N2O6/c1-11(19)15(16(22)23)13(10-18(5,6)7)24-12(8-14(20)21)9-17(2,3)4/h12-13,15H,8-10H2,1-7H3/p+2. The summed E-state index contributed by atoms with van der Waals surface area (Å²) in [6.45, 7) is 1.89. The van der Waals surface area contributed by atoms with Gasteiger partial charge in [0.05, 0.1) is 48.7 Å². The number of nitrogens with zero attached hydrogens (tertiary/aromatic N) is 2. The molecule has 0 heterocycles. The molecule has 0 fully saturated rings. The van der Waals surface area contributed by atoms with E-state index in [-0.39, 0.29) is 13.0 Å². The van der Waals surface area contributed by atoms with E-state index in [1.807, 2.05) is 42.3 Å². The van der Waals surface area contributed by atoms with E-state index in [9.17, 15) is 19.5 Å². The molecule has 3 atom stereocenters. The largest absolute Gasteiger partial charge is 0.481 e. The van der Waals surface area contributed by atoms with Gasteiger partial charge in [-0.15, -0.1) is 0 Å². The van der Waals surface area contributed by atoms with Gasteiger partial charge in [0.25, 0.3) is 0 Å². The lowest BCUT2D eigenvalue weighted by Gasteiger charge is -2.35. The summed E-state index contributed by atoms with van der Waals surface area (Å²) in [6.07, 6.45) is -1.82. The van der Waals surface area contributed by atoms with E-state index >= 15 is 0 Å². The highest BCUT2D eigenvalue weighted by molar-refractivity contribution is 5.97. The molecular formula is C16H32N2O6+2. The summed E-state index contributed by atoms with van der Waals surface area (Å²) in [6, 6.07) is 0. The molecule has 0 amide bonds. The SMILES string of the molecule is CC(=O)C(C(=O)O)C(C[N+](C)(C)C)OC(CC(=O)O)C[N+](C)(C)C. The molecule has 140 valence electrons. The zero-order chi connectivity index (χ0) is 19.3. The number of carboxylic acids is 2. The number of aliphatic carboxylic acids is 2. The Labute approximate surface area is 143 Å². The van der Waals surface area contributed by atoms with Crippen molar-refractivity contribution < 1.29 is 38.3 Å². The maximum atomic E-state index is 11.8. The number of ketones is 1. The number of ether oxygens (including phenoxy) is 1. The monoisotopic (exact) mass is 348 g/mol. The van der Waals surface area contributed by atoms with E-state index in [2.05, 4.69) is 0 Å². The van der Waals surface area contributed by atoms with Gasteiger partial charge < -0.3 is 23.9 Å². The molecule has 0 saturated carbocycles. The molecule has 24 heavy (non-hydrogen) atoms. The third-order valence-electron chi connectivity index (χ3n) is 3.32. The van der Waals surface area contributed by atoms with E-state index in [4.69, 9.17) is 9.84 Å². The first-order chi connectivity index (χ1) is 10.6. The Balaban J connectivity index is 5.54. The van der Waals surface area contributed by atoms with E-state index in [1.54, 1.807) is 0 Å². The minimum Gasteiger partial charge on any atom is -0.481 e. The number of hydrogen-bond donors (Lipinski definition) is 2. The fourth-order valence-electron chi connectivity index (χ4n) is 2.57. The van der Waals surface area contributed by atoms with Crippen molar-refractivity contribution in [1.29, 1.82) is 0 Å². The average Bonchev–Trinajstić information content (AvgIpc) is 2.20. The summed E-state index contributed by atoms with van der Waals surface area (Å²) < 4.78 is 6.74. The molecule has 0 rings (SSSR count). The molecule has 0 spiro atoms. The summed E-state index contributed by atoms with van der Waals surface area (Å²) in [5.74, 6) is -4.08.